The Bertz CT molecular complexity index is 828. The molecule has 0 saturated carbocycles. The molecule has 1 aliphatic rings. The first-order valence-corrected chi connectivity index (χ1v) is 9.49. The zero-order valence-corrected chi connectivity index (χ0v) is 16.2. The fraction of sp³-hybridized carbons (Fsp3) is 0.444. The number of hydrogen-bond acceptors (Lipinski definition) is 7. The van der Waals surface area contributed by atoms with E-state index in [2.05, 4.69) is 14.9 Å². The van der Waals surface area contributed by atoms with E-state index in [0.29, 0.717) is 35.5 Å². The van der Waals surface area contributed by atoms with Gasteiger partial charge in [0.2, 0.25) is 5.75 Å². The van der Waals surface area contributed by atoms with Crippen LogP contribution < -0.4 is 19.8 Å². The molecule has 2 heterocycles. The van der Waals surface area contributed by atoms with Crippen molar-refractivity contribution in [3.8, 4) is 17.2 Å². The molecule has 0 fully saturated rings. The Morgan fingerprint density at radius 2 is 1.88 bits per heavy atom. The SMILES string of the molecule is COc1cc(CN2CCc3nc(SC)[nH]c(=O)c3C2)cc(OC)c1OC. The average molecular weight is 377 g/mol. The Labute approximate surface area is 156 Å². The van der Waals surface area contributed by atoms with E-state index >= 15 is 0 Å². The highest BCUT2D eigenvalue weighted by atomic mass is 32.2. The standard InChI is InChI=1S/C18H23N3O4S/c1-23-14-7-11(8-15(24-2)16(14)25-3)9-21-6-5-13-12(10-21)17(22)20-18(19-13)26-4/h7-8H,5-6,9-10H2,1-4H3,(H,19,20,22). The van der Waals surface area contributed by atoms with E-state index in [1.807, 2.05) is 18.4 Å². The number of aromatic amines is 1. The van der Waals surface area contributed by atoms with Gasteiger partial charge in [-0.25, -0.2) is 4.98 Å². The van der Waals surface area contributed by atoms with Crippen LogP contribution in [-0.4, -0.2) is 49.0 Å². The summed E-state index contributed by atoms with van der Waals surface area (Å²) in [6.07, 6.45) is 2.67. The predicted molar refractivity (Wildman–Crippen MR) is 101 cm³/mol. The first-order chi connectivity index (χ1) is 12.6. The van der Waals surface area contributed by atoms with Crippen molar-refractivity contribution in [1.29, 1.82) is 0 Å². The van der Waals surface area contributed by atoms with Gasteiger partial charge in [0, 0.05) is 26.1 Å². The molecule has 2 aromatic rings. The van der Waals surface area contributed by atoms with E-state index in [1.165, 1.54) is 11.8 Å². The minimum Gasteiger partial charge on any atom is -0.493 e. The lowest BCUT2D eigenvalue weighted by Gasteiger charge is -2.28. The lowest BCUT2D eigenvalue weighted by atomic mass is 10.1. The highest BCUT2D eigenvalue weighted by Crippen LogP contribution is 2.38. The molecule has 26 heavy (non-hydrogen) atoms. The van der Waals surface area contributed by atoms with Gasteiger partial charge >= 0.3 is 0 Å². The Hall–Kier alpha value is -2.19. The molecule has 3 rings (SSSR count). The Morgan fingerprint density at radius 1 is 1.19 bits per heavy atom. The van der Waals surface area contributed by atoms with Crippen molar-refractivity contribution in [2.45, 2.75) is 24.7 Å². The van der Waals surface area contributed by atoms with Crippen molar-refractivity contribution < 1.29 is 14.2 Å². The molecule has 140 valence electrons. The van der Waals surface area contributed by atoms with Crippen LogP contribution in [0.4, 0.5) is 0 Å². The second-order valence-corrected chi connectivity index (χ2v) is 6.79. The Morgan fingerprint density at radius 3 is 2.46 bits per heavy atom. The molecule has 1 aromatic carbocycles. The van der Waals surface area contributed by atoms with E-state index < -0.39 is 0 Å². The third-order valence-electron chi connectivity index (χ3n) is 4.45. The first kappa shape index (κ1) is 18.6. The van der Waals surface area contributed by atoms with Crippen molar-refractivity contribution in [2.75, 3.05) is 34.1 Å². The Kier molecular flexibility index (Phi) is 5.73. The fourth-order valence-electron chi connectivity index (χ4n) is 3.17. The third-order valence-corrected chi connectivity index (χ3v) is 5.03. The molecule has 0 unspecified atom stereocenters. The molecule has 0 aliphatic carbocycles. The zero-order valence-electron chi connectivity index (χ0n) is 15.4. The van der Waals surface area contributed by atoms with Gasteiger partial charge in [-0.1, -0.05) is 11.8 Å². The smallest absolute Gasteiger partial charge is 0.256 e. The van der Waals surface area contributed by atoms with Crippen molar-refractivity contribution in [3.63, 3.8) is 0 Å². The summed E-state index contributed by atoms with van der Waals surface area (Å²) >= 11 is 1.45. The topological polar surface area (TPSA) is 76.7 Å². The molecule has 0 saturated heterocycles. The first-order valence-electron chi connectivity index (χ1n) is 8.26. The molecule has 0 radical (unpaired) electrons. The molecule has 1 N–H and O–H groups in total. The highest BCUT2D eigenvalue weighted by molar-refractivity contribution is 7.98. The molecular formula is C18H23N3O4S. The zero-order chi connectivity index (χ0) is 18.7. The van der Waals surface area contributed by atoms with Crippen molar-refractivity contribution in [1.82, 2.24) is 14.9 Å². The van der Waals surface area contributed by atoms with Gasteiger partial charge in [-0.05, 0) is 24.0 Å². The highest BCUT2D eigenvalue weighted by Gasteiger charge is 2.22. The number of hydrogen-bond donors (Lipinski definition) is 1. The van der Waals surface area contributed by atoms with Crippen molar-refractivity contribution in [3.05, 3.63) is 39.3 Å². The number of thioether (sulfide) groups is 1. The largest absolute Gasteiger partial charge is 0.493 e. The molecule has 8 heteroatoms. The number of methoxy groups -OCH3 is 3. The number of benzene rings is 1. The van der Waals surface area contributed by atoms with Crippen molar-refractivity contribution in [2.24, 2.45) is 0 Å². The molecule has 0 atom stereocenters. The summed E-state index contributed by atoms with van der Waals surface area (Å²) in [5.41, 5.74) is 2.64. The maximum Gasteiger partial charge on any atom is 0.256 e. The maximum absolute atomic E-state index is 12.3. The van der Waals surface area contributed by atoms with Gasteiger partial charge < -0.3 is 19.2 Å². The summed E-state index contributed by atoms with van der Waals surface area (Å²) in [5, 5.41) is 0.673. The number of fused-ring (bicyclic) bond motifs is 1. The van der Waals surface area contributed by atoms with Gasteiger partial charge in [0.25, 0.3) is 5.56 Å². The van der Waals surface area contributed by atoms with Gasteiger partial charge in [-0.15, -0.1) is 0 Å². The van der Waals surface area contributed by atoms with Crippen LogP contribution in [0.5, 0.6) is 17.2 Å². The second kappa shape index (κ2) is 8.01. The number of H-pyrrole nitrogens is 1. The van der Waals surface area contributed by atoms with E-state index in [4.69, 9.17) is 14.2 Å². The minimum absolute atomic E-state index is 0.0473. The van der Waals surface area contributed by atoms with Crippen LogP contribution in [0.3, 0.4) is 0 Å². The van der Waals surface area contributed by atoms with Gasteiger partial charge in [0.05, 0.1) is 32.6 Å². The number of nitrogens with zero attached hydrogens (tertiary/aromatic N) is 2. The number of ether oxygens (including phenoxy) is 3. The summed E-state index contributed by atoms with van der Waals surface area (Å²) in [5.74, 6) is 1.83. The van der Waals surface area contributed by atoms with E-state index in [-0.39, 0.29) is 5.56 Å². The summed E-state index contributed by atoms with van der Waals surface area (Å²) in [6, 6.07) is 3.88. The number of aromatic nitrogens is 2. The fourth-order valence-corrected chi connectivity index (χ4v) is 3.57. The molecule has 7 nitrogen and oxygen atoms in total. The van der Waals surface area contributed by atoms with Crippen LogP contribution in [0.15, 0.2) is 22.1 Å². The summed E-state index contributed by atoms with van der Waals surface area (Å²) in [7, 11) is 4.79. The normalized spacial score (nSPS) is 14.0. The maximum atomic E-state index is 12.3. The quantitative estimate of drug-likeness (QED) is 0.610. The molecule has 0 amide bonds. The van der Waals surface area contributed by atoms with Gasteiger partial charge in [-0.2, -0.15) is 0 Å². The lowest BCUT2D eigenvalue weighted by Crippen LogP contribution is -2.35. The van der Waals surface area contributed by atoms with Crippen LogP contribution >= 0.6 is 11.8 Å². The van der Waals surface area contributed by atoms with Crippen LogP contribution in [-0.2, 0) is 19.5 Å². The van der Waals surface area contributed by atoms with Crippen LogP contribution in [0.25, 0.3) is 0 Å². The summed E-state index contributed by atoms with van der Waals surface area (Å²) in [4.78, 5) is 21.9. The number of nitrogens with one attached hydrogen (secondary N) is 1. The molecule has 0 bridgehead atoms. The average Bonchev–Trinajstić information content (AvgIpc) is 2.67. The second-order valence-electron chi connectivity index (χ2n) is 5.99. The van der Waals surface area contributed by atoms with Gasteiger partial charge in [0.1, 0.15) is 0 Å². The van der Waals surface area contributed by atoms with Crippen LogP contribution in [0.2, 0.25) is 0 Å². The monoisotopic (exact) mass is 377 g/mol. The predicted octanol–water partition coefficient (Wildman–Crippen LogP) is 2.08. The summed E-state index contributed by atoms with van der Waals surface area (Å²) in [6.45, 7) is 2.09. The Balaban J connectivity index is 1.84. The van der Waals surface area contributed by atoms with Gasteiger partial charge in [-0.3, -0.25) is 9.69 Å². The van der Waals surface area contributed by atoms with Gasteiger partial charge in [0.15, 0.2) is 16.7 Å². The lowest BCUT2D eigenvalue weighted by molar-refractivity contribution is 0.239. The van der Waals surface area contributed by atoms with E-state index in [9.17, 15) is 4.79 Å². The minimum atomic E-state index is -0.0473. The molecule has 1 aromatic heterocycles. The van der Waals surface area contributed by atoms with Crippen LogP contribution in [0, 0.1) is 0 Å². The summed E-state index contributed by atoms with van der Waals surface area (Å²) < 4.78 is 16.2. The third kappa shape index (κ3) is 3.66. The number of rotatable bonds is 6. The molecule has 1 aliphatic heterocycles. The molecular weight excluding hydrogens is 354 g/mol. The van der Waals surface area contributed by atoms with Crippen molar-refractivity contribution >= 4 is 11.8 Å². The molecule has 0 spiro atoms. The van der Waals surface area contributed by atoms with E-state index in [0.717, 1.165) is 29.8 Å². The van der Waals surface area contributed by atoms with E-state index in [1.54, 1.807) is 21.3 Å². The van der Waals surface area contributed by atoms with Crippen LogP contribution in [0.1, 0.15) is 16.8 Å².